The minimum absolute atomic E-state index is 0.0153. The van der Waals surface area contributed by atoms with Gasteiger partial charge in [0, 0.05) is 17.3 Å². The molecule has 10 heteroatoms. The second-order valence-electron chi connectivity index (χ2n) is 8.17. The molecule has 5 rings (SSSR count). The molecular formula is C27H17Cl2F3N4O. The fourth-order valence-corrected chi connectivity index (χ4v) is 4.17. The maximum Gasteiger partial charge on any atom is 0.433 e. The monoisotopic (exact) mass is 540 g/mol. The second-order valence-corrected chi connectivity index (χ2v) is 8.98. The molecule has 0 aliphatic carbocycles. The van der Waals surface area contributed by atoms with Gasteiger partial charge < -0.3 is 4.90 Å². The molecular weight excluding hydrogens is 524 g/mol. The molecule has 0 fully saturated rings. The van der Waals surface area contributed by atoms with Gasteiger partial charge in [0.25, 0.3) is 5.91 Å². The van der Waals surface area contributed by atoms with Crippen molar-refractivity contribution in [3.63, 3.8) is 0 Å². The summed E-state index contributed by atoms with van der Waals surface area (Å²) in [6, 6.07) is 24.7. The molecule has 0 unspecified atom stereocenters. The van der Waals surface area contributed by atoms with Crippen LogP contribution in [0.4, 0.5) is 18.9 Å². The van der Waals surface area contributed by atoms with E-state index < -0.39 is 17.8 Å². The first-order chi connectivity index (χ1) is 17.7. The number of anilines is 1. The number of hydrogen-bond donors (Lipinski definition) is 0. The van der Waals surface area contributed by atoms with Gasteiger partial charge in [-0.15, -0.1) is 0 Å². The van der Waals surface area contributed by atoms with E-state index in [2.05, 4.69) is 10.1 Å². The summed E-state index contributed by atoms with van der Waals surface area (Å²) in [5, 5.41) is 4.47. The summed E-state index contributed by atoms with van der Waals surface area (Å²) in [7, 11) is 0. The van der Waals surface area contributed by atoms with Crippen LogP contribution in [0, 0.1) is 0 Å². The van der Waals surface area contributed by atoms with Gasteiger partial charge >= 0.3 is 6.18 Å². The Labute approximate surface area is 219 Å². The van der Waals surface area contributed by atoms with Crippen LogP contribution in [0.1, 0.15) is 21.7 Å². The predicted molar refractivity (Wildman–Crippen MR) is 137 cm³/mol. The van der Waals surface area contributed by atoms with Crippen molar-refractivity contribution in [3.05, 3.63) is 118 Å². The summed E-state index contributed by atoms with van der Waals surface area (Å²) >= 11 is 12.0. The Kier molecular flexibility index (Phi) is 6.62. The number of benzene rings is 3. The van der Waals surface area contributed by atoms with Gasteiger partial charge in [0.05, 0.1) is 22.3 Å². The quantitative estimate of drug-likeness (QED) is 0.231. The molecule has 3 aromatic carbocycles. The summed E-state index contributed by atoms with van der Waals surface area (Å²) in [5.41, 5.74) is 0.393. The molecule has 0 N–H and O–H groups in total. The molecule has 186 valence electrons. The number of para-hydroxylation sites is 1. The zero-order valence-electron chi connectivity index (χ0n) is 19.0. The largest absolute Gasteiger partial charge is 0.433 e. The summed E-state index contributed by atoms with van der Waals surface area (Å²) < 4.78 is 42.8. The highest BCUT2D eigenvalue weighted by atomic mass is 35.5. The normalized spacial score (nSPS) is 11.6. The number of carbonyl (C=O) groups is 1. The average Bonchev–Trinajstić information content (AvgIpc) is 3.33. The second kappa shape index (κ2) is 9.88. The van der Waals surface area contributed by atoms with Crippen LogP contribution in [0.2, 0.25) is 10.0 Å². The molecule has 5 aromatic rings. The van der Waals surface area contributed by atoms with Gasteiger partial charge in [-0.2, -0.15) is 18.3 Å². The van der Waals surface area contributed by atoms with Crippen molar-refractivity contribution in [1.82, 2.24) is 14.6 Å². The molecule has 0 aliphatic rings. The van der Waals surface area contributed by atoms with Gasteiger partial charge in [-0.25, -0.2) is 9.50 Å². The van der Waals surface area contributed by atoms with E-state index in [4.69, 9.17) is 23.2 Å². The number of fused-ring (bicyclic) bond motifs is 1. The third kappa shape index (κ3) is 5.16. The molecule has 0 radical (unpaired) electrons. The molecule has 0 aliphatic heterocycles. The van der Waals surface area contributed by atoms with Crippen molar-refractivity contribution in [2.45, 2.75) is 12.7 Å². The highest BCUT2D eigenvalue weighted by molar-refractivity contribution is 6.42. The van der Waals surface area contributed by atoms with Crippen LogP contribution in [0.25, 0.3) is 16.9 Å². The maximum atomic E-state index is 14.0. The Bertz CT molecular complexity index is 1590. The third-order valence-electron chi connectivity index (χ3n) is 5.65. The molecule has 2 aromatic heterocycles. The summed E-state index contributed by atoms with van der Waals surface area (Å²) in [4.78, 5) is 19.4. The molecule has 5 nitrogen and oxygen atoms in total. The molecule has 2 heterocycles. The number of alkyl halides is 3. The van der Waals surface area contributed by atoms with Crippen LogP contribution < -0.4 is 4.90 Å². The minimum Gasteiger partial charge on any atom is -0.303 e. The van der Waals surface area contributed by atoms with Crippen LogP contribution >= 0.6 is 23.2 Å². The molecule has 0 saturated heterocycles. The van der Waals surface area contributed by atoms with Crippen molar-refractivity contribution in [2.75, 3.05) is 4.90 Å². The predicted octanol–water partition coefficient (Wildman–Crippen LogP) is 7.57. The van der Waals surface area contributed by atoms with E-state index in [-0.39, 0.29) is 33.6 Å². The zero-order valence-corrected chi connectivity index (χ0v) is 20.5. The Morgan fingerprint density at radius 3 is 2.19 bits per heavy atom. The lowest BCUT2D eigenvalue weighted by atomic mass is 10.1. The number of carbonyl (C=O) groups excluding carboxylic acids is 1. The molecule has 0 bridgehead atoms. The van der Waals surface area contributed by atoms with Crippen LogP contribution in [0.5, 0.6) is 0 Å². The SMILES string of the molecule is O=C(c1cc2nc(-c3ccc(Cl)c(Cl)c3)cc(C(F)(F)F)n2n1)N(Cc1ccccc1)c1ccccc1. The lowest BCUT2D eigenvalue weighted by Crippen LogP contribution is -2.30. The minimum atomic E-state index is -4.76. The number of aromatic nitrogens is 3. The van der Waals surface area contributed by atoms with E-state index in [1.165, 1.54) is 29.2 Å². The van der Waals surface area contributed by atoms with Gasteiger partial charge in [-0.3, -0.25) is 4.79 Å². The smallest absolute Gasteiger partial charge is 0.303 e. The first-order valence-electron chi connectivity index (χ1n) is 11.0. The van der Waals surface area contributed by atoms with Crippen LogP contribution in [0.3, 0.4) is 0 Å². The molecule has 37 heavy (non-hydrogen) atoms. The third-order valence-corrected chi connectivity index (χ3v) is 6.39. The number of rotatable bonds is 5. The number of amides is 1. The van der Waals surface area contributed by atoms with Crippen molar-refractivity contribution in [1.29, 1.82) is 0 Å². The van der Waals surface area contributed by atoms with Crippen LogP contribution in [-0.4, -0.2) is 20.5 Å². The Morgan fingerprint density at radius 1 is 0.865 bits per heavy atom. The van der Waals surface area contributed by atoms with Gasteiger partial charge in [0.1, 0.15) is 0 Å². The summed E-state index contributed by atoms with van der Waals surface area (Å²) in [5.74, 6) is -0.565. The Balaban J connectivity index is 1.62. The van der Waals surface area contributed by atoms with E-state index >= 15 is 0 Å². The van der Waals surface area contributed by atoms with E-state index in [0.29, 0.717) is 15.8 Å². The number of halogens is 5. The summed E-state index contributed by atoms with van der Waals surface area (Å²) in [6.07, 6.45) is -4.76. The number of hydrogen-bond acceptors (Lipinski definition) is 3. The molecule has 0 saturated carbocycles. The fourth-order valence-electron chi connectivity index (χ4n) is 3.88. The number of nitrogens with zero attached hydrogens (tertiary/aromatic N) is 4. The fraction of sp³-hybridized carbons (Fsp3) is 0.0741. The highest BCUT2D eigenvalue weighted by Crippen LogP contribution is 2.34. The van der Waals surface area contributed by atoms with E-state index in [1.807, 2.05) is 36.4 Å². The first-order valence-corrected chi connectivity index (χ1v) is 11.8. The van der Waals surface area contributed by atoms with Crippen LogP contribution in [0.15, 0.2) is 91.0 Å². The van der Waals surface area contributed by atoms with Crippen molar-refractivity contribution >= 4 is 40.4 Å². The van der Waals surface area contributed by atoms with E-state index in [0.717, 1.165) is 11.6 Å². The average molecular weight is 541 g/mol. The topological polar surface area (TPSA) is 50.5 Å². The van der Waals surface area contributed by atoms with Gasteiger partial charge in [-0.05, 0) is 35.9 Å². The lowest BCUT2D eigenvalue weighted by Gasteiger charge is -2.22. The van der Waals surface area contributed by atoms with E-state index in [9.17, 15) is 18.0 Å². The molecule has 0 spiro atoms. The van der Waals surface area contributed by atoms with E-state index in [1.54, 1.807) is 24.3 Å². The maximum absolute atomic E-state index is 14.0. The highest BCUT2D eigenvalue weighted by Gasteiger charge is 2.36. The van der Waals surface area contributed by atoms with Crippen molar-refractivity contribution < 1.29 is 18.0 Å². The standard InChI is InChI=1S/C27H17Cl2F3N4O/c28-20-12-11-18(13-21(20)29)22-14-24(27(30,31)32)36-25(33-22)15-23(34-36)26(37)35(19-9-5-2-6-10-19)16-17-7-3-1-4-8-17/h1-15H,16H2. The van der Waals surface area contributed by atoms with Gasteiger partial charge in [0.2, 0.25) is 0 Å². The Hall–Kier alpha value is -3.88. The first kappa shape index (κ1) is 24.8. The van der Waals surface area contributed by atoms with Crippen molar-refractivity contribution in [3.8, 4) is 11.3 Å². The summed E-state index contributed by atoms with van der Waals surface area (Å²) in [6.45, 7) is 0.200. The molecule has 1 amide bonds. The van der Waals surface area contributed by atoms with Crippen LogP contribution in [-0.2, 0) is 12.7 Å². The van der Waals surface area contributed by atoms with Crippen molar-refractivity contribution in [2.24, 2.45) is 0 Å². The zero-order chi connectivity index (χ0) is 26.2. The van der Waals surface area contributed by atoms with Gasteiger partial charge in [-0.1, -0.05) is 77.8 Å². The lowest BCUT2D eigenvalue weighted by molar-refractivity contribution is -0.142. The molecule has 0 atom stereocenters. The Morgan fingerprint density at radius 2 is 1.54 bits per heavy atom. The van der Waals surface area contributed by atoms with Gasteiger partial charge in [0.15, 0.2) is 17.0 Å².